The molecule has 1 fully saturated rings. The molecule has 2 aliphatic heterocycles. The van der Waals surface area contributed by atoms with Gasteiger partial charge in [-0.15, -0.1) is 0 Å². The summed E-state index contributed by atoms with van der Waals surface area (Å²) in [4.78, 5) is 60.0. The van der Waals surface area contributed by atoms with Crippen molar-refractivity contribution in [2.75, 3.05) is 6.54 Å². The van der Waals surface area contributed by atoms with Gasteiger partial charge in [0.1, 0.15) is 24.2 Å². The third-order valence-electron chi connectivity index (χ3n) is 10.8. The zero-order valence-electron chi connectivity index (χ0n) is 31.9. The third-order valence-corrected chi connectivity index (χ3v) is 15.4. The van der Waals surface area contributed by atoms with Gasteiger partial charge in [-0.2, -0.15) is 0 Å². The molecule has 1 aromatic carbocycles. The van der Waals surface area contributed by atoms with Crippen LogP contribution in [0.1, 0.15) is 99.4 Å². The van der Waals surface area contributed by atoms with Crippen LogP contribution >= 0.6 is 0 Å². The van der Waals surface area contributed by atoms with Gasteiger partial charge in [0.15, 0.2) is 8.32 Å². The van der Waals surface area contributed by atoms with Crippen LogP contribution in [0.3, 0.4) is 0 Å². The Morgan fingerprint density at radius 3 is 2.32 bits per heavy atom. The minimum atomic E-state index is -2.38. The first kappa shape index (κ1) is 39.2. The Morgan fingerprint density at radius 2 is 1.68 bits per heavy atom. The highest BCUT2D eigenvalue weighted by molar-refractivity contribution is 6.74. The van der Waals surface area contributed by atoms with Crippen LogP contribution in [0.25, 0.3) is 17.0 Å². The Balaban J connectivity index is 1.84. The molecular formula is C38H57N5O6Si. The van der Waals surface area contributed by atoms with Crippen molar-refractivity contribution in [2.45, 2.75) is 130 Å². The van der Waals surface area contributed by atoms with Gasteiger partial charge in [-0.05, 0) is 89.2 Å². The molecule has 5 unspecified atom stereocenters. The van der Waals surface area contributed by atoms with Gasteiger partial charge in [0.05, 0.1) is 22.2 Å². The van der Waals surface area contributed by atoms with E-state index in [1.807, 2.05) is 77.1 Å². The van der Waals surface area contributed by atoms with Gasteiger partial charge >= 0.3 is 5.97 Å². The zero-order valence-corrected chi connectivity index (χ0v) is 32.9. The summed E-state index contributed by atoms with van der Waals surface area (Å²) in [5, 5.41) is 8.01. The number of nitrogens with zero attached hydrogens (tertiary/aromatic N) is 2. The Morgan fingerprint density at radius 1 is 1.02 bits per heavy atom. The fraction of sp³-hybridized carbons (Fsp3) is 0.605. The number of benzene rings is 1. The summed E-state index contributed by atoms with van der Waals surface area (Å²) in [5.41, 5.74) is 2.89. The number of fused-ring (bicyclic) bond motifs is 4. The maximum atomic E-state index is 14.6. The van der Waals surface area contributed by atoms with Crippen molar-refractivity contribution in [3.63, 3.8) is 0 Å². The summed E-state index contributed by atoms with van der Waals surface area (Å²) in [7, 11) is -2.38. The standard InChI is InChI=1S/C38H57N5O6Si/c1-23(2)31-32(44)39-24(3)33(45)43-21-13-14-29(42-43)34(46)48-25(4)28-18-17-27-16-15-26(22-30(27)40-28)19-20-38(10,35(47)41-31)37(8,9)49-50(11,12)36(5,6)7/h15-20,22-25,29,31,42H,13-14,21H2,1-12H3,(H,39,44)(H,41,47). The predicted octanol–water partition coefficient (Wildman–Crippen LogP) is 5.81. The molecule has 3 N–H and O–H groups in total. The molecule has 1 aromatic heterocycles. The van der Waals surface area contributed by atoms with E-state index in [1.54, 1.807) is 13.8 Å². The maximum absolute atomic E-state index is 14.6. The van der Waals surface area contributed by atoms with E-state index < -0.39 is 61.3 Å². The number of hydrazine groups is 1. The zero-order chi connectivity index (χ0) is 37.4. The molecule has 0 spiro atoms. The largest absolute Gasteiger partial charge is 0.455 e. The summed E-state index contributed by atoms with van der Waals surface area (Å²) in [5.74, 6) is -2.03. The average molecular weight is 708 g/mol. The number of amides is 3. The number of ether oxygens (including phenoxy) is 1. The number of hydrogen-bond acceptors (Lipinski definition) is 8. The van der Waals surface area contributed by atoms with Gasteiger partial charge in [-0.1, -0.05) is 65.0 Å². The van der Waals surface area contributed by atoms with Crippen LogP contribution in [0.5, 0.6) is 0 Å². The van der Waals surface area contributed by atoms with E-state index in [2.05, 4.69) is 49.9 Å². The summed E-state index contributed by atoms with van der Waals surface area (Å²) in [6, 6.07) is 7.04. The third kappa shape index (κ3) is 8.29. The molecule has 0 radical (unpaired) electrons. The number of esters is 1. The minimum Gasteiger partial charge on any atom is -0.455 e. The molecule has 2 aromatic rings. The fourth-order valence-corrected chi connectivity index (χ4v) is 7.84. The smallest absolute Gasteiger partial charge is 0.325 e. The fourth-order valence-electron chi connectivity index (χ4n) is 6.05. The lowest BCUT2D eigenvalue weighted by Crippen LogP contribution is -2.63. The molecule has 3 heterocycles. The molecule has 4 rings (SSSR count). The van der Waals surface area contributed by atoms with Crippen molar-refractivity contribution < 1.29 is 28.3 Å². The van der Waals surface area contributed by atoms with Crippen molar-refractivity contribution in [3.8, 4) is 0 Å². The molecule has 1 saturated heterocycles. The molecule has 50 heavy (non-hydrogen) atoms. The number of carbonyl (C=O) groups excluding carboxylic acids is 4. The molecule has 2 aliphatic rings. The summed E-state index contributed by atoms with van der Waals surface area (Å²) in [6.07, 6.45) is 4.18. The molecule has 0 saturated carbocycles. The van der Waals surface area contributed by atoms with Crippen LogP contribution in [0.15, 0.2) is 36.4 Å². The van der Waals surface area contributed by atoms with E-state index in [0.717, 1.165) is 10.9 Å². The van der Waals surface area contributed by atoms with Crippen LogP contribution in [-0.2, 0) is 28.3 Å². The minimum absolute atomic E-state index is 0.119. The van der Waals surface area contributed by atoms with Gasteiger partial charge < -0.3 is 19.8 Å². The van der Waals surface area contributed by atoms with E-state index in [0.29, 0.717) is 30.6 Å². The highest BCUT2D eigenvalue weighted by atomic mass is 28.4. The molecule has 5 bridgehead atoms. The van der Waals surface area contributed by atoms with Crippen molar-refractivity contribution in [1.82, 2.24) is 26.1 Å². The van der Waals surface area contributed by atoms with Gasteiger partial charge in [-0.3, -0.25) is 24.2 Å². The van der Waals surface area contributed by atoms with E-state index >= 15 is 0 Å². The maximum Gasteiger partial charge on any atom is 0.325 e. The SMILES string of the molecule is CC1NC(=O)C(C(C)C)NC(=O)C(C)(C(C)(C)O[Si](C)(C)C(C)(C)C)C=Cc2ccc3ccc(nc3c2)C(C)OC(=O)C2CCCN(N2)C1=O. The number of pyridine rings is 1. The van der Waals surface area contributed by atoms with Crippen molar-refractivity contribution in [1.29, 1.82) is 0 Å². The molecule has 12 heteroatoms. The average Bonchev–Trinajstić information content (AvgIpc) is 3.03. The van der Waals surface area contributed by atoms with Gasteiger partial charge in [0, 0.05) is 11.9 Å². The number of nitrogens with one attached hydrogen (secondary N) is 3. The normalized spacial score (nSPS) is 26.5. The second kappa shape index (κ2) is 14.6. The Kier molecular flexibility index (Phi) is 11.4. The van der Waals surface area contributed by atoms with Gasteiger partial charge in [0.25, 0.3) is 5.91 Å². The van der Waals surface area contributed by atoms with Crippen LogP contribution in [0.4, 0.5) is 0 Å². The van der Waals surface area contributed by atoms with E-state index in [-0.39, 0.29) is 16.9 Å². The second-order valence-corrected chi connectivity index (χ2v) is 21.1. The first-order chi connectivity index (χ1) is 23.1. The summed E-state index contributed by atoms with van der Waals surface area (Å²) < 4.78 is 12.8. The van der Waals surface area contributed by atoms with Gasteiger partial charge in [-0.25, -0.2) is 10.4 Å². The van der Waals surface area contributed by atoms with Gasteiger partial charge in [0.2, 0.25) is 11.8 Å². The van der Waals surface area contributed by atoms with Crippen LogP contribution in [-0.4, -0.2) is 72.3 Å². The highest BCUT2D eigenvalue weighted by Crippen LogP contribution is 2.45. The van der Waals surface area contributed by atoms with Crippen molar-refractivity contribution in [2.24, 2.45) is 11.3 Å². The van der Waals surface area contributed by atoms with E-state index in [9.17, 15) is 19.2 Å². The van der Waals surface area contributed by atoms with E-state index in [1.165, 1.54) is 5.01 Å². The lowest BCUT2D eigenvalue weighted by molar-refractivity contribution is -0.157. The first-order valence-electron chi connectivity index (χ1n) is 17.8. The summed E-state index contributed by atoms with van der Waals surface area (Å²) >= 11 is 0. The molecule has 3 amide bonds. The number of hydrogen-bond donors (Lipinski definition) is 3. The lowest BCUT2D eigenvalue weighted by Gasteiger charge is -2.49. The molecule has 0 aliphatic carbocycles. The first-order valence-corrected chi connectivity index (χ1v) is 20.7. The number of carbonyl (C=O) groups is 4. The van der Waals surface area contributed by atoms with Crippen molar-refractivity contribution >= 4 is 49.0 Å². The molecule has 274 valence electrons. The lowest BCUT2D eigenvalue weighted by atomic mass is 9.73. The molecule has 11 nitrogen and oxygen atoms in total. The molecular weight excluding hydrogens is 651 g/mol. The number of cyclic esters (lactones) is 1. The predicted molar refractivity (Wildman–Crippen MR) is 198 cm³/mol. The molecule has 5 atom stereocenters. The van der Waals surface area contributed by atoms with Crippen LogP contribution < -0.4 is 16.1 Å². The Hall–Kier alpha value is -3.61. The Labute approximate surface area is 298 Å². The summed E-state index contributed by atoms with van der Waals surface area (Å²) in [6.45, 7) is 23.9. The van der Waals surface area contributed by atoms with Crippen molar-refractivity contribution in [3.05, 3.63) is 47.7 Å². The number of aromatic nitrogens is 1. The highest BCUT2D eigenvalue weighted by Gasteiger charge is 2.52. The quantitative estimate of drug-likeness (QED) is 0.267. The monoisotopic (exact) mass is 707 g/mol. The van der Waals surface area contributed by atoms with Crippen LogP contribution in [0.2, 0.25) is 18.1 Å². The number of rotatable bonds is 4. The van der Waals surface area contributed by atoms with Crippen LogP contribution in [0, 0.1) is 11.3 Å². The topological polar surface area (TPSA) is 139 Å². The van der Waals surface area contributed by atoms with E-state index in [4.69, 9.17) is 14.1 Å². The Bertz CT molecular complexity index is 1650. The second-order valence-electron chi connectivity index (χ2n) is 16.4.